The molecule has 2 nitrogen and oxygen atoms in total. The van der Waals surface area contributed by atoms with E-state index in [0.717, 1.165) is 22.6 Å². The van der Waals surface area contributed by atoms with Crippen molar-refractivity contribution >= 4 is 23.7 Å². The van der Waals surface area contributed by atoms with Gasteiger partial charge in [-0.15, -0.1) is 11.8 Å². The van der Waals surface area contributed by atoms with Crippen LogP contribution in [0.4, 0.5) is 5.69 Å². The van der Waals surface area contributed by atoms with Gasteiger partial charge in [0.25, 0.3) is 0 Å². The number of aliphatic imine (C=N–C) groups is 1. The molecule has 0 saturated heterocycles. The summed E-state index contributed by atoms with van der Waals surface area (Å²) >= 11 is 1.89. The second-order valence-corrected chi connectivity index (χ2v) is 11.9. The maximum atomic E-state index is 11.0. The fourth-order valence-electron chi connectivity index (χ4n) is 3.65. The molecule has 2 aromatic carbocycles. The van der Waals surface area contributed by atoms with Gasteiger partial charge in [0.15, 0.2) is 0 Å². The first-order chi connectivity index (χ1) is 15.0. The second-order valence-electron chi connectivity index (χ2n) is 10.8. The summed E-state index contributed by atoms with van der Waals surface area (Å²) in [5.41, 5.74) is 3.81. The topological polar surface area (TPSA) is 32.6 Å². The van der Waals surface area contributed by atoms with Crippen molar-refractivity contribution in [2.24, 2.45) is 4.99 Å². The van der Waals surface area contributed by atoms with Gasteiger partial charge in [0, 0.05) is 22.2 Å². The van der Waals surface area contributed by atoms with Gasteiger partial charge in [-0.1, -0.05) is 98.8 Å². The molecule has 176 valence electrons. The van der Waals surface area contributed by atoms with Crippen LogP contribution in [0.25, 0.3) is 0 Å². The summed E-state index contributed by atoms with van der Waals surface area (Å²) in [4.78, 5) is 6.03. The van der Waals surface area contributed by atoms with Crippen LogP contribution in [0.5, 0.6) is 5.75 Å². The smallest absolute Gasteiger partial charge is 0.128 e. The largest absolute Gasteiger partial charge is 0.507 e. The van der Waals surface area contributed by atoms with Gasteiger partial charge in [0.1, 0.15) is 5.75 Å². The van der Waals surface area contributed by atoms with Gasteiger partial charge < -0.3 is 5.11 Å². The predicted molar refractivity (Wildman–Crippen MR) is 143 cm³/mol. The highest BCUT2D eigenvalue weighted by molar-refractivity contribution is 7.99. The molecule has 0 fully saturated rings. The molecule has 0 aromatic heterocycles. The van der Waals surface area contributed by atoms with Crippen LogP contribution in [0.3, 0.4) is 0 Å². The number of aromatic hydroxyl groups is 1. The lowest BCUT2D eigenvalue weighted by Crippen LogP contribution is -2.17. The lowest BCUT2D eigenvalue weighted by molar-refractivity contribution is 0.444. The minimum atomic E-state index is -0.140. The molecule has 0 radical (unpaired) electrons. The molecule has 0 unspecified atom stereocenters. The summed E-state index contributed by atoms with van der Waals surface area (Å²) in [7, 11) is 0. The third-order valence-corrected chi connectivity index (χ3v) is 6.93. The molecule has 3 heteroatoms. The number of para-hydroxylation sites is 1. The Morgan fingerprint density at radius 1 is 0.875 bits per heavy atom. The van der Waals surface area contributed by atoms with Crippen molar-refractivity contribution in [3.05, 3.63) is 53.1 Å². The Kier molecular flexibility index (Phi) is 9.88. The van der Waals surface area contributed by atoms with Crippen LogP contribution in [-0.2, 0) is 10.8 Å². The predicted octanol–water partition coefficient (Wildman–Crippen LogP) is 9.19. The minimum absolute atomic E-state index is 0.00117. The summed E-state index contributed by atoms with van der Waals surface area (Å²) in [6.07, 6.45) is 9.74. The molecule has 0 heterocycles. The Hall–Kier alpha value is -1.74. The van der Waals surface area contributed by atoms with Gasteiger partial charge in [-0.05, 0) is 46.8 Å². The molecule has 0 amide bonds. The molecular weight excluding hydrogens is 410 g/mol. The average Bonchev–Trinajstić information content (AvgIpc) is 2.71. The van der Waals surface area contributed by atoms with Gasteiger partial charge in [-0.25, -0.2) is 0 Å². The number of phenols is 1. The first-order valence-electron chi connectivity index (χ1n) is 12.2. The number of phenolic OH excluding ortho intramolecular Hbond substituents is 1. The average molecular weight is 454 g/mol. The van der Waals surface area contributed by atoms with Crippen molar-refractivity contribution in [2.45, 2.75) is 103 Å². The van der Waals surface area contributed by atoms with E-state index in [4.69, 9.17) is 4.99 Å². The number of hydrogen-bond acceptors (Lipinski definition) is 3. The molecule has 1 N–H and O–H groups in total. The van der Waals surface area contributed by atoms with Gasteiger partial charge in [-0.3, -0.25) is 4.99 Å². The number of unbranched alkanes of at least 4 members (excludes halogenated alkanes) is 5. The maximum absolute atomic E-state index is 11.0. The third kappa shape index (κ3) is 7.99. The molecule has 32 heavy (non-hydrogen) atoms. The maximum Gasteiger partial charge on any atom is 0.128 e. The van der Waals surface area contributed by atoms with Crippen LogP contribution >= 0.6 is 11.8 Å². The zero-order valence-electron chi connectivity index (χ0n) is 21.3. The van der Waals surface area contributed by atoms with E-state index in [0.29, 0.717) is 5.75 Å². The van der Waals surface area contributed by atoms with Gasteiger partial charge in [0.05, 0.1) is 5.69 Å². The second kappa shape index (κ2) is 11.9. The van der Waals surface area contributed by atoms with Crippen LogP contribution in [0.1, 0.15) is 104 Å². The molecule has 2 aromatic rings. The van der Waals surface area contributed by atoms with E-state index in [9.17, 15) is 5.11 Å². The molecule has 0 atom stereocenters. The van der Waals surface area contributed by atoms with Gasteiger partial charge >= 0.3 is 0 Å². The summed E-state index contributed by atoms with van der Waals surface area (Å²) in [5.74, 6) is 1.46. The van der Waals surface area contributed by atoms with Gasteiger partial charge in [-0.2, -0.15) is 0 Å². The van der Waals surface area contributed by atoms with E-state index >= 15 is 0 Å². The monoisotopic (exact) mass is 453 g/mol. The van der Waals surface area contributed by atoms with E-state index in [2.05, 4.69) is 78.8 Å². The quantitative estimate of drug-likeness (QED) is 0.221. The normalized spacial score (nSPS) is 12.6. The molecule has 0 spiro atoms. The van der Waals surface area contributed by atoms with E-state index in [1.54, 1.807) is 0 Å². The number of benzene rings is 2. The van der Waals surface area contributed by atoms with E-state index in [1.165, 1.54) is 49.0 Å². The van der Waals surface area contributed by atoms with Crippen molar-refractivity contribution in [3.63, 3.8) is 0 Å². The van der Waals surface area contributed by atoms with Crippen LogP contribution < -0.4 is 0 Å². The Morgan fingerprint density at radius 2 is 1.53 bits per heavy atom. The summed E-state index contributed by atoms with van der Waals surface area (Å²) in [6.45, 7) is 15.3. The lowest BCUT2D eigenvalue weighted by atomic mass is 9.79. The summed E-state index contributed by atoms with van der Waals surface area (Å²) in [6, 6.07) is 12.6. The first kappa shape index (κ1) is 26.5. The summed E-state index contributed by atoms with van der Waals surface area (Å²) < 4.78 is 0. The van der Waals surface area contributed by atoms with E-state index in [-0.39, 0.29) is 10.8 Å². The van der Waals surface area contributed by atoms with Crippen molar-refractivity contribution in [1.82, 2.24) is 0 Å². The zero-order chi connectivity index (χ0) is 23.8. The third-order valence-electron chi connectivity index (χ3n) is 5.78. The minimum Gasteiger partial charge on any atom is -0.507 e. The molecular formula is C29H43NOS. The highest BCUT2D eigenvalue weighted by Gasteiger charge is 2.24. The van der Waals surface area contributed by atoms with Crippen LogP contribution in [-0.4, -0.2) is 17.1 Å². The number of rotatable bonds is 10. The fourth-order valence-corrected chi connectivity index (χ4v) is 4.66. The molecule has 0 aliphatic carbocycles. The van der Waals surface area contributed by atoms with Gasteiger partial charge in [0.2, 0.25) is 0 Å². The highest BCUT2D eigenvalue weighted by atomic mass is 32.2. The number of nitrogens with zero attached hydrogens (tertiary/aromatic N) is 1. The molecule has 0 bridgehead atoms. The Morgan fingerprint density at radius 3 is 2.19 bits per heavy atom. The van der Waals surface area contributed by atoms with Crippen molar-refractivity contribution in [2.75, 3.05) is 5.75 Å². The standard InChI is InChI=1S/C29H43NOS/c1-8-9-10-11-12-15-18-32-26-17-14-13-16-25(26)30-21-22-19-23(28(2,3)4)20-24(27(22)31)29(5,6)7/h13-14,16-17,19-21,31H,8-12,15,18H2,1-7H3. The SMILES string of the molecule is CCCCCCCCSc1ccccc1N=Cc1cc(C(C)(C)C)cc(C(C)(C)C)c1O. The zero-order valence-corrected chi connectivity index (χ0v) is 22.1. The summed E-state index contributed by atoms with van der Waals surface area (Å²) in [5, 5.41) is 11.0. The van der Waals surface area contributed by atoms with E-state index < -0.39 is 0 Å². The molecule has 2 rings (SSSR count). The van der Waals surface area contributed by atoms with Crippen molar-refractivity contribution in [3.8, 4) is 5.75 Å². The van der Waals surface area contributed by atoms with Crippen LogP contribution in [0, 0.1) is 0 Å². The van der Waals surface area contributed by atoms with E-state index in [1.807, 2.05) is 24.0 Å². The Balaban J connectivity index is 2.21. The lowest BCUT2D eigenvalue weighted by Gasteiger charge is -2.27. The Bertz CT molecular complexity index is 887. The number of hydrogen-bond donors (Lipinski definition) is 1. The molecule has 0 saturated carbocycles. The molecule has 0 aliphatic heterocycles. The van der Waals surface area contributed by atoms with Crippen molar-refractivity contribution < 1.29 is 5.11 Å². The first-order valence-corrected chi connectivity index (χ1v) is 13.2. The fraction of sp³-hybridized carbons (Fsp3) is 0.552. The van der Waals surface area contributed by atoms with Crippen LogP contribution in [0.2, 0.25) is 0 Å². The van der Waals surface area contributed by atoms with Crippen molar-refractivity contribution in [1.29, 1.82) is 0 Å². The molecule has 0 aliphatic rings. The number of thioether (sulfide) groups is 1. The van der Waals surface area contributed by atoms with Crippen LogP contribution in [0.15, 0.2) is 46.3 Å². The highest BCUT2D eigenvalue weighted by Crippen LogP contribution is 2.37. The Labute approximate surface area is 201 Å².